The summed E-state index contributed by atoms with van der Waals surface area (Å²) in [7, 11) is 0. The lowest BCUT2D eigenvalue weighted by Gasteiger charge is -2.04. The first-order valence-electron chi connectivity index (χ1n) is 5.23. The molecule has 1 heterocycles. The average Bonchev–Trinajstić information content (AvgIpc) is 2.75. The lowest BCUT2D eigenvalue weighted by molar-refractivity contribution is 0.0526. The molecule has 0 unspecified atom stereocenters. The Morgan fingerprint density at radius 3 is 2.94 bits per heavy atom. The number of nitrogens with zero attached hydrogens (tertiary/aromatic N) is 2. The number of carbonyl (C=O) groups excluding carboxylic acids is 1. The third-order valence-corrected chi connectivity index (χ3v) is 2.60. The number of aromatic nitrogens is 2. The fraction of sp³-hybridized carbons (Fsp3) is 0.182. The summed E-state index contributed by atoms with van der Waals surface area (Å²) in [5, 5.41) is 8.01. The Hall–Kier alpha value is -2.15. The van der Waals surface area contributed by atoms with Crippen LogP contribution >= 0.6 is 11.3 Å². The second-order valence-corrected chi connectivity index (χ2v) is 4.23. The molecule has 1 aromatic carbocycles. The minimum Gasteiger partial charge on any atom is -0.462 e. The van der Waals surface area contributed by atoms with Gasteiger partial charge in [-0.15, -0.1) is 5.10 Å². The van der Waals surface area contributed by atoms with Crippen molar-refractivity contribution in [3.05, 3.63) is 29.8 Å². The van der Waals surface area contributed by atoms with Crippen molar-refractivity contribution in [1.29, 1.82) is 0 Å². The van der Waals surface area contributed by atoms with Crippen LogP contribution in [0.3, 0.4) is 0 Å². The molecule has 1 aromatic heterocycles. The summed E-state index contributed by atoms with van der Waals surface area (Å²) in [6.07, 6.45) is 0. The van der Waals surface area contributed by atoms with Gasteiger partial charge in [-0.25, -0.2) is 4.79 Å². The number of anilines is 1. The Balaban J connectivity index is 2.14. The number of nitrogen functional groups attached to an aromatic ring is 1. The van der Waals surface area contributed by atoms with Crippen LogP contribution in [0.2, 0.25) is 0 Å². The molecule has 0 spiro atoms. The van der Waals surface area contributed by atoms with Crippen LogP contribution in [0.15, 0.2) is 24.3 Å². The summed E-state index contributed by atoms with van der Waals surface area (Å²) < 4.78 is 10.3. The van der Waals surface area contributed by atoms with Gasteiger partial charge in [0.05, 0.1) is 12.2 Å². The van der Waals surface area contributed by atoms with Gasteiger partial charge in [-0.1, -0.05) is 11.2 Å². The van der Waals surface area contributed by atoms with Crippen molar-refractivity contribution in [3.8, 4) is 10.9 Å². The number of rotatable bonds is 4. The van der Waals surface area contributed by atoms with E-state index in [-0.39, 0.29) is 5.97 Å². The van der Waals surface area contributed by atoms with Gasteiger partial charge in [-0.3, -0.25) is 0 Å². The quantitative estimate of drug-likeness (QED) is 0.852. The van der Waals surface area contributed by atoms with Gasteiger partial charge in [0, 0.05) is 0 Å². The van der Waals surface area contributed by atoms with Crippen molar-refractivity contribution in [1.82, 2.24) is 10.2 Å². The molecular formula is C11H11N3O3S. The predicted molar refractivity (Wildman–Crippen MR) is 66.8 cm³/mol. The van der Waals surface area contributed by atoms with Crippen molar-refractivity contribution in [2.45, 2.75) is 6.92 Å². The number of benzene rings is 1. The molecule has 0 aliphatic heterocycles. The van der Waals surface area contributed by atoms with E-state index in [1.165, 1.54) is 0 Å². The van der Waals surface area contributed by atoms with Gasteiger partial charge in [-0.05, 0) is 36.5 Å². The highest BCUT2D eigenvalue weighted by Gasteiger charge is 2.09. The zero-order chi connectivity index (χ0) is 13.0. The van der Waals surface area contributed by atoms with E-state index in [2.05, 4.69) is 10.2 Å². The van der Waals surface area contributed by atoms with Gasteiger partial charge in [0.1, 0.15) is 5.75 Å². The van der Waals surface area contributed by atoms with Crippen LogP contribution in [-0.2, 0) is 4.74 Å². The van der Waals surface area contributed by atoms with E-state index in [1.54, 1.807) is 31.2 Å². The molecular weight excluding hydrogens is 254 g/mol. The Kier molecular flexibility index (Phi) is 3.73. The van der Waals surface area contributed by atoms with E-state index in [9.17, 15) is 4.79 Å². The molecule has 0 fully saturated rings. The Morgan fingerprint density at radius 1 is 1.44 bits per heavy atom. The second kappa shape index (κ2) is 5.46. The Labute approximate surface area is 107 Å². The monoisotopic (exact) mass is 265 g/mol. The summed E-state index contributed by atoms with van der Waals surface area (Å²) in [4.78, 5) is 11.5. The van der Waals surface area contributed by atoms with Gasteiger partial charge >= 0.3 is 11.2 Å². The molecule has 2 N–H and O–H groups in total. The van der Waals surface area contributed by atoms with Crippen LogP contribution in [0.25, 0.3) is 0 Å². The van der Waals surface area contributed by atoms with Gasteiger partial charge in [0.2, 0.25) is 5.13 Å². The summed E-state index contributed by atoms with van der Waals surface area (Å²) in [5.74, 6) is 0.0939. The standard InChI is InChI=1S/C11H11N3O3S/c1-2-16-9(15)7-4-3-5-8(6-7)17-11-14-13-10(12)18-11/h3-6H,2H2,1H3,(H2,12,13). The first-order valence-corrected chi connectivity index (χ1v) is 6.04. The summed E-state index contributed by atoms with van der Waals surface area (Å²) in [6, 6.07) is 6.64. The number of nitrogens with two attached hydrogens (primary N) is 1. The third kappa shape index (κ3) is 2.95. The van der Waals surface area contributed by atoms with Crippen LogP contribution < -0.4 is 10.5 Å². The third-order valence-electron chi connectivity index (χ3n) is 1.97. The van der Waals surface area contributed by atoms with E-state index in [0.29, 0.717) is 28.2 Å². The maximum absolute atomic E-state index is 11.5. The van der Waals surface area contributed by atoms with Gasteiger partial charge < -0.3 is 15.2 Å². The number of hydrogen-bond donors (Lipinski definition) is 1. The highest BCUT2D eigenvalue weighted by atomic mass is 32.1. The summed E-state index contributed by atoms with van der Waals surface area (Å²) >= 11 is 1.12. The first kappa shape index (κ1) is 12.3. The Morgan fingerprint density at radius 2 is 2.28 bits per heavy atom. The van der Waals surface area contributed by atoms with Gasteiger partial charge in [0.25, 0.3) is 0 Å². The smallest absolute Gasteiger partial charge is 0.338 e. The van der Waals surface area contributed by atoms with Crippen LogP contribution in [0.5, 0.6) is 10.9 Å². The molecule has 0 radical (unpaired) electrons. The summed E-state index contributed by atoms with van der Waals surface area (Å²) in [5.41, 5.74) is 5.86. The minimum atomic E-state index is -0.389. The molecule has 0 amide bonds. The van der Waals surface area contributed by atoms with Crippen molar-refractivity contribution in [2.24, 2.45) is 0 Å². The number of carbonyl (C=O) groups is 1. The first-order chi connectivity index (χ1) is 8.69. The zero-order valence-electron chi connectivity index (χ0n) is 9.62. The van der Waals surface area contributed by atoms with Crippen molar-refractivity contribution < 1.29 is 14.3 Å². The molecule has 0 aliphatic carbocycles. The van der Waals surface area contributed by atoms with Gasteiger partial charge in [-0.2, -0.15) is 0 Å². The molecule has 94 valence electrons. The number of hydrogen-bond acceptors (Lipinski definition) is 7. The number of esters is 1. The molecule has 0 aliphatic rings. The van der Waals surface area contributed by atoms with E-state index in [1.807, 2.05) is 0 Å². The summed E-state index contributed by atoms with van der Waals surface area (Å²) in [6.45, 7) is 2.08. The maximum Gasteiger partial charge on any atom is 0.338 e. The number of ether oxygens (including phenoxy) is 2. The molecule has 0 atom stereocenters. The average molecular weight is 265 g/mol. The van der Waals surface area contributed by atoms with Crippen molar-refractivity contribution >= 4 is 22.4 Å². The lowest BCUT2D eigenvalue weighted by Crippen LogP contribution is -2.04. The SMILES string of the molecule is CCOC(=O)c1cccc(Oc2nnc(N)s2)c1. The largest absolute Gasteiger partial charge is 0.462 e. The van der Waals surface area contributed by atoms with Crippen LogP contribution in [0.1, 0.15) is 17.3 Å². The van der Waals surface area contributed by atoms with E-state index in [4.69, 9.17) is 15.2 Å². The van der Waals surface area contributed by atoms with Gasteiger partial charge in [0.15, 0.2) is 0 Å². The van der Waals surface area contributed by atoms with Crippen LogP contribution in [0, 0.1) is 0 Å². The molecule has 0 saturated heterocycles. The molecule has 0 saturated carbocycles. The van der Waals surface area contributed by atoms with Crippen LogP contribution in [-0.4, -0.2) is 22.8 Å². The van der Waals surface area contributed by atoms with E-state index in [0.717, 1.165) is 11.3 Å². The lowest BCUT2D eigenvalue weighted by atomic mass is 10.2. The van der Waals surface area contributed by atoms with Crippen LogP contribution in [0.4, 0.5) is 5.13 Å². The topological polar surface area (TPSA) is 87.3 Å². The zero-order valence-corrected chi connectivity index (χ0v) is 10.4. The normalized spacial score (nSPS) is 10.1. The van der Waals surface area contributed by atoms with E-state index >= 15 is 0 Å². The fourth-order valence-corrected chi connectivity index (χ4v) is 1.74. The highest BCUT2D eigenvalue weighted by molar-refractivity contribution is 7.16. The molecule has 0 bridgehead atoms. The second-order valence-electron chi connectivity index (χ2n) is 3.26. The fourth-order valence-electron chi connectivity index (χ4n) is 1.26. The Bertz CT molecular complexity index is 556. The molecule has 2 aromatic rings. The molecule has 18 heavy (non-hydrogen) atoms. The molecule has 2 rings (SSSR count). The molecule has 6 nitrogen and oxygen atoms in total. The van der Waals surface area contributed by atoms with E-state index < -0.39 is 0 Å². The maximum atomic E-state index is 11.5. The predicted octanol–water partition coefficient (Wildman–Crippen LogP) is 2.09. The molecule has 7 heteroatoms. The van der Waals surface area contributed by atoms with Crippen molar-refractivity contribution in [2.75, 3.05) is 12.3 Å². The van der Waals surface area contributed by atoms with Crippen molar-refractivity contribution in [3.63, 3.8) is 0 Å². The minimum absolute atomic E-state index is 0.326. The highest BCUT2D eigenvalue weighted by Crippen LogP contribution is 2.26.